The Morgan fingerprint density at radius 2 is 1.52 bits per heavy atom. The predicted octanol–water partition coefficient (Wildman–Crippen LogP) is 5.97. The monoisotopic (exact) mass is 466 g/mol. The molecule has 7 nitrogen and oxygen atoms in total. The van der Waals surface area contributed by atoms with Gasteiger partial charge in [0.2, 0.25) is 5.75 Å². The first-order valence-electron chi connectivity index (χ1n) is 6.86. The number of nitrogens with zero attached hydrogens (tertiary/aromatic N) is 2. The van der Waals surface area contributed by atoms with Gasteiger partial charge < -0.3 is 4.74 Å². The first-order valence-corrected chi connectivity index (χ1v) is 8.44. The van der Waals surface area contributed by atoms with Gasteiger partial charge in [-0.15, -0.1) is 0 Å². The van der Waals surface area contributed by atoms with E-state index < -0.39 is 15.5 Å². The molecule has 3 rings (SSSR count). The van der Waals surface area contributed by atoms with E-state index in [9.17, 15) is 20.2 Å². The average molecular weight is 468 g/mol. The highest BCUT2D eigenvalue weighted by Gasteiger charge is 2.22. The van der Waals surface area contributed by atoms with Crippen LogP contribution in [-0.4, -0.2) is 9.85 Å². The first-order chi connectivity index (χ1) is 11.9. The van der Waals surface area contributed by atoms with Gasteiger partial charge in [0.25, 0.3) is 5.69 Å². The summed E-state index contributed by atoms with van der Waals surface area (Å²) in [6.45, 7) is 0. The Hall–Kier alpha value is -2.52. The van der Waals surface area contributed by atoms with E-state index in [2.05, 4.69) is 31.9 Å². The van der Waals surface area contributed by atoms with Crippen molar-refractivity contribution in [2.75, 3.05) is 0 Å². The lowest BCUT2D eigenvalue weighted by molar-refractivity contribution is -0.394. The molecule has 0 saturated carbocycles. The van der Waals surface area contributed by atoms with Crippen molar-refractivity contribution in [3.05, 3.63) is 77.7 Å². The summed E-state index contributed by atoms with van der Waals surface area (Å²) < 4.78 is 7.20. The van der Waals surface area contributed by atoms with Crippen LogP contribution in [0.4, 0.5) is 11.4 Å². The van der Waals surface area contributed by atoms with Crippen LogP contribution in [0, 0.1) is 20.2 Å². The van der Waals surface area contributed by atoms with Gasteiger partial charge in [-0.3, -0.25) is 20.2 Å². The molecule has 0 atom stereocenters. The predicted molar refractivity (Wildman–Crippen MR) is 99.2 cm³/mol. The SMILES string of the molecule is O=[N+]([O-])c1ccc(Oc2c(Br)cc(Br)c3ccccc23)c([N+](=O)[O-])c1. The Balaban J connectivity index is 2.17. The van der Waals surface area contributed by atoms with E-state index in [-0.39, 0.29) is 11.4 Å². The van der Waals surface area contributed by atoms with Crippen LogP contribution >= 0.6 is 31.9 Å². The van der Waals surface area contributed by atoms with Crippen molar-refractivity contribution >= 4 is 54.0 Å². The maximum absolute atomic E-state index is 11.3. The molecule has 0 saturated heterocycles. The second-order valence-corrected chi connectivity index (χ2v) is 6.69. The summed E-state index contributed by atoms with van der Waals surface area (Å²) in [6, 6.07) is 12.4. The lowest BCUT2D eigenvalue weighted by Crippen LogP contribution is -1.97. The van der Waals surface area contributed by atoms with Gasteiger partial charge in [-0.25, -0.2) is 0 Å². The number of nitro groups is 2. The molecule has 3 aromatic carbocycles. The molecule has 3 aromatic rings. The number of hydrogen-bond donors (Lipinski definition) is 0. The summed E-state index contributed by atoms with van der Waals surface area (Å²) in [5.41, 5.74) is -0.855. The van der Waals surface area contributed by atoms with Gasteiger partial charge in [0.1, 0.15) is 5.75 Å². The summed E-state index contributed by atoms with van der Waals surface area (Å²) in [5.74, 6) is 0.305. The minimum Gasteiger partial charge on any atom is -0.448 e. The van der Waals surface area contributed by atoms with Crippen LogP contribution in [0.3, 0.4) is 0 Å². The molecule has 9 heteroatoms. The maximum atomic E-state index is 11.3. The molecule has 0 N–H and O–H groups in total. The Kier molecular flexibility index (Phi) is 4.69. The number of non-ortho nitro benzene ring substituents is 1. The van der Waals surface area contributed by atoms with Crippen LogP contribution in [0.1, 0.15) is 0 Å². The Morgan fingerprint density at radius 3 is 2.16 bits per heavy atom. The molecule has 0 aliphatic carbocycles. The number of rotatable bonds is 4. The molecule has 126 valence electrons. The third-order valence-electron chi connectivity index (χ3n) is 3.46. The number of fused-ring (bicyclic) bond motifs is 1. The molecule has 0 aliphatic heterocycles. The number of ether oxygens (including phenoxy) is 1. The van der Waals surface area contributed by atoms with Crippen LogP contribution in [0.15, 0.2) is 57.5 Å². The van der Waals surface area contributed by atoms with Crippen molar-refractivity contribution in [2.24, 2.45) is 0 Å². The largest absolute Gasteiger partial charge is 0.448 e. The summed E-state index contributed by atoms with van der Waals surface area (Å²) >= 11 is 6.85. The van der Waals surface area contributed by atoms with Crippen LogP contribution in [0.2, 0.25) is 0 Å². The molecular formula is C16H8Br2N2O5. The van der Waals surface area contributed by atoms with Crippen molar-refractivity contribution in [3.8, 4) is 11.5 Å². The Labute approximate surface area is 157 Å². The second kappa shape index (κ2) is 6.77. The highest BCUT2D eigenvalue weighted by molar-refractivity contribution is 9.11. The highest BCUT2D eigenvalue weighted by Crippen LogP contribution is 2.43. The third kappa shape index (κ3) is 3.33. The molecule has 0 heterocycles. The summed E-state index contributed by atoms with van der Waals surface area (Å²) in [5, 5.41) is 23.7. The van der Waals surface area contributed by atoms with Crippen LogP contribution < -0.4 is 4.74 Å². The van der Waals surface area contributed by atoms with E-state index >= 15 is 0 Å². The molecule has 0 radical (unpaired) electrons. The number of hydrogen-bond acceptors (Lipinski definition) is 5. The van der Waals surface area contributed by atoms with E-state index in [1.54, 1.807) is 6.07 Å². The van der Waals surface area contributed by atoms with Gasteiger partial charge >= 0.3 is 5.69 Å². The number of halogens is 2. The summed E-state index contributed by atoms with van der Waals surface area (Å²) in [7, 11) is 0. The van der Waals surface area contributed by atoms with E-state index in [1.807, 2.05) is 24.3 Å². The molecule has 0 fully saturated rings. The van der Waals surface area contributed by atoms with Gasteiger partial charge in [0.05, 0.1) is 20.4 Å². The molecule has 0 aliphatic rings. The third-order valence-corrected chi connectivity index (χ3v) is 4.71. The zero-order chi connectivity index (χ0) is 18.1. The number of benzene rings is 3. The van der Waals surface area contributed by atoms with Crippen molar-refractivity contribution in [3.63, 3.8) is 0 Å². The van der Waals surface area contributed by atoms with Crippen molar-refractivity contribution in [1.29, 1.82) is 0 Å². The van der Waals surface area contributed by atoms with Crippen LogP contribution in [-0.2, 0) is 0 Å². The topological polar surface area (TPSA) is 95.5 Å². The molecule has 0 unspecified atom stereocenters. The summed E-state index contributed by atoms with van der Waals surface area (Å²) in [6.07, 6.45) is 0. The van der Waals surface area contributed by atoms with E-state index in [4.69, 9.17) is 4.74 Å². The fourth-order valence-corrected chi connectivity index (χ4v) is 3.74. The lowest BCUT2D eigenvalue weighted by atomic mass is 10.1. The zero-order valence-corrected chi connectivity index (χ0v) is 15.5. The van der Waals surface area contributed by atoms with E-state index in [0.29, 0.717) is 10.2 Å². The van der Waals surface area contributed by atoms with E-state index in [1.165, 1.54) is 6.07 Å². The zero-order valence-electron chi connectivity index (χ0n) is 12.3. The molecule has 0 aromatic heterocycles. The Morgan fingerprint density at radius 1 is 0.840 bits per heavy atom. The Bertz CT molecular complexity index is 1020. The molecule has 25 heavy (non-hydrogen) atoms. The molecule has 0 bridgehead atoms. The lowest BCUT2D eigenvalue weighted by Gasteiger charge is -2.12. The first kappa shape index (κ1) is 17.3. The van der Waals surface area contributed by atoms with Gasteiger partial charge in [-0.1, -0.05) is 40.2 Å². The summed E-state index contributed by atoms with van der Waals surface area (Å²) in [4.78, 5) is 20.7. The quantitative estimate of drug-likeness (QED) is 0.347. The highest BCUT2D eigenvalue weighted by atomic mass is 79.9. The molecular weight excluding hydrogens is 460 g/mol. The van der Waals surface area contributed by atoms with Crippen LogP contribution in [0.5, 0.6) is 11.5 Å². The number of nitro benzene ring substituents is 2. The van der Waals surface area contributed by atoms with Crippen LogP contribution in [0.25, 0.3) is 10.8 Å². The maximum Gasteiger partial charge on any atom is 0.318 e. The van der Waals surface area contributed by atoms with Gasteiger partial charge in [0, 0.05) is 15.9 Å². The van der Waals surface area contributed by atoms with Crippen molar-refractivity contribution in [1.82, 2.24) is 0 Å². The van der Waals surface area contributed by atoms with Crippen molar-refractivity contribution in [2.45, 2.75) is 0 Å². The minimum absolute atomic E-state index is 0.0798. The molecule has 0 spiro atoms. The standard InChI is InChI=1S/C16H8Br2N2O5/c17-12-8-13(18)16(11-4-2-1-3-10(11)12)25-15-6-5-9(19(21)22)7-14(15)20(23)24/h1-8H. The fourth-order valence-electron chi connectivity index (χ4n) is 2.33. The van der Waals surface area contributed by atoms with Gasteiger partial charge in [0.15, 0.2) is 0 Å². The van der Waals surface area contributed by atoms with E-state index in [0.717, 1.165) is 27.4 Å². The van der Waals surface area contributed by atoms with Gasteiger partial charge in [-0.05, 0) is 33.4 Å². The fraction of sp³-hybridized carbons (Fsp3) is 0. The van der Waals surface area contributed by atoms with Gasteiger partial charge in [-0.2, -0.15) is 0 Å². The average Bonchev–Trinajstić information content (AvgIpc) is 2.58. The van der Waals surface area contributed by atoms with Crippen molar-refractivity contribution < 1.29 is 14.6 Å². The minimum atomic E-state index is -0.711. The normalized spacial score (nSPS) is 10.6. The second-order valence-electron chi connectivity index (χ2n) is 4.98. The smallest absolute Gasteiger partial charge is 0.318 e. The molecule has 0 amide bonds.